The molecular formula is C18H32O. The van der Waals surface area contributed by atoms with E-state index in [1.165, 1.54) is 32.1 Å². The summed E-state index contributed by atoms with van der Waals surface area (Å²) in [6.07, 6.45) is 7.79. The summed E-state index contributed by atoms with van der Waals surface area (Å²) in [5.41, 5.74) is -0.0525. The van der Waals surface area contributed by atoms with Crippen molar-refractivity contribution >= 4 is 0 Å². The van der Waals surface area contributed by atoms with Gasteiger partial charge >= 0.3 is 0 Å². The molecule has 1 saturated carbocycles. The highest BCUT2D eigenvalue weighted by Crippen LogP contribution is 2.41. The molecule has 1 rings (SSSR count). The Morgan fingerprint density at radius 1 is 1.11 bits per heavy atom. The van der Waals surface area contributed by atoms with E-state index in [0.717, 1.165) is 12.8 Å². The van der Waals surface area contributed by atoms with E-state index in [4.69, 9.17) is 0 Å². The van der Waals surface area contributed by atoms with Crippen LogP contribution in [0, 0.1) is 28.6 Å². The molecule has 1 nitrogen and oxygen atoms in total. The molecular weight excluding hydrogens is 232 g/mol. The van der Waals surface area contributed by atoms with Crippen molar-refractivity contribution in [3.63, 3.8) is 0 Å². The lowest BCUT2D eigenvalue weighted by Gasteiger charge is -2.40. The second-order valence-corrected chi connectivity index (χ2v) is 7.65. The summed E-state index contributed by atoms with van der Waals surface area (Å²) < 4.78 is 0. The van der Waals surface area contributed by atoms with Crippen LogP contribution in [0.2, 0.25) is 0 Å². The number of aliphatic hydroxyl groups is 1. The molecule has 110 valence electrons. The molecule has 0 bridgehead atoms. The Labute approximate surface area is 120 Å². The van der Waals surface area contributed by atoms with Gasteiger partial charge in [0.05, 0.1) is 11.5 Å². The lowest BCUT2D eigenvalue weighted by molar-refractivity contribution is -0.00976. The van der Waals surface area contributed by atoms with Crippen molar-refractivity contribution in [3.8, 4) is 11.8 Å². The van der Waals surface area contributed by atoms with Crippen molar-refractivity contribution in [1.82, 2.24) is 0 Å². The van der Waals surface area contributed by atoms with Crippen LogP contribution in [-0.2, 0) is 0 Å². The normalized spacial score (nSPS) is 22.2. The first-order valence-electron chi connectivity index (χ1n) is 7.96. The maximum atomic E-state index is 10.9. The van der Waals surface area contributed by atoms with Gasteiger partial charge in [-0.1, -0.05) is 52.9 Å². The Kier molecular flexibility index (Phi) is 5.93. The monoisotopic (exact) mass is 264 g/mol. The second kappa shape index (κ2) is 6.80. The van der Waals surface area contributed by atoms with Gasteiger partial charge in [-0.3, -0.25) is 0 Å². The average molecular weight is 264 g/mol. The quantitative estimate of drug-likeness (QED) is 0.727. The third-order valence-electron chi connectivity index (χ3n) is 4.20. The molecule has 1 fully saturated rings. The van der Waals surface area contributed by atoms with Crippen LogP contribution in [-0.4, -0.2) is 11.2 Å². The van der Waals surface area contributed by atoms with Crippen LogP contribution in [0.25, 0.3) is 0 Å². The predicted octanol–water partition coefficient (Wildman–Crippen LogP) is 4.78. The van der Waals surface area contributed by atoms with Crippen molar-refractivity contribution in [2.75, 3.05) is 0 Å². The molecule has 0 aromatic rings. The van der Waals surface area contributed by atoms with E-state index < -0.39 is 0 Å². The summed E-state index contributed by atoms with van der Waals surface area (Å²) in [6.45, 7) is 11.0. The van der Waals surface area contributed by atoms with Crippen LogP contribution < -0.4 is 0 Å². The van der Waals surface area contributed by atoms with E-state index in [1.807, 2.05) is 0 Å². The van der Waals surface area contributed by atoms with Crippen molar-refractivity contribution in [1.29, 1.82) is 0 Å². The molecule has 0 radical (unpaired) electrons. The molecule has 0 aliphatic heterocycles. The minimum atomic E-state index is -0.272. The minimum Gasteiger partial charge on any atom is -0.391 e. The van der Waals surface area contributed by atoms with E-state index >= 15 is 0 Å². The van der Waals surface area contributed by atoms with Crippen molar-refractivity contribution in [3.05, 3.63) is 0 Å². The molecule has 1 aliphatic carbocycles. The van der Waals surface area contributed by atoms with Crippen LogP contribution >= 0.6 is 0 Å². The van der Waals surface area contributed by atoms with E-state index in [9.17, 15) is 5.11 Å². The minimum absolute atomic E-state index is 0.201. The lowest BCUT2D eigenvalue weighted by Crippen LogP contribution is -2.40. The number of hydrogen-bond acceptors (Lipinski definition) is 1. The first-order valence-corrected chi connectivity index (χ1v) is 7.96. The van der Waals surface area contributed by atoms with Gasteiger partial charge in [-0.25, -0.2) is 0 Å². The Bertz CT molecular complexity index is 322. The van der Waals surface area contributed by atoms with E-state index in [1.54, 1.807) is 0 Å². The molecule has 0 spiro atoms. The third kappa shape index (κ3) is 5.19. The molecule has 0 aromatic heterocycles. The first-order chi connectivity index (χ1) is 8.78. The van der Waals surface area contributed by atoms with Gasteiger partial charge in [0.2, 0.25) is 0 Å². The van der Waals surface area contributed by atoms with Gasteiger partial charge in [0, 0.05) is 6.42 Å². The van der Waals surface area contributed by atoms with Crippen LogP contribution in [0.1, 0.15) is 79.6 Å². The highest BCUT2D eigenvalue weighted by atomic mass is 16.3. The van der Waals surface area contributed by atoms with Gasteiger partial charge in [0.1, 0.15) is 0 Å². The molecule has 0 heterocycles. The van der Waals surface area contributed by atoms with E-state index in [-0.39, 0.29) is 16.9 Å². The molecule has 1 aliphatic rings. The van der Waals surface area contributed by atoms with Crippen LogP contribution in [0.15, 0.2) is 0 Å². The number of aliphatic hydroxyl groups excluding tert-OH is 1. The second-order valence-electron chi connectivity index (χ2n) is 7.65. The summed E-state index contributed by atoms with van der Waals surface area (Å²) in [4.78, 5) is 0. The lowest BCUT2D eigenvalue weighted by atomic mass is 9.66. The van der Waals surface area contributed by atoms with Gasteiger partial charge in [0.25, 0.3) is 0 Å². The number of rotatable bonds is 3. The van der Waals surface area contributed by atoms with Crippen molar-refractivity contribution in [2.24, 2.45) is 16.7 Å². The molecule has 0 amide bonds. The zero-order valence-corrected chi connectivity index (χ0v) is 13.6. The molecule has 0 aromatic carbocycles. The van der Waals surface area contributed by atoms with Crippen LogP contribution in [0.4, 0.5) is 0 Å². The Morgan fingerprint density at radius 3 is 2.16 bits per heavy atom. The number of hydrogen-bond donors (Lipinski definition) is 1. The summed E-state index contributed by atoms with van der Waals surface area (Å²) in [5.74, 6) is 7.07. The fourth-order valence-electron chi connectivity index (χ4n) is 3.58. The Morgan fingerprint density at radius 2 is 1.68 bits per heavy atom. The summed E-state index contributed by atoms with van der Waals surface area (Å²) in [7, 11) is 0. The summed E-state index contributed by atoms with van der Waals surface area (Å²) >= 11 is 0. The molecule has 19 heavy (non-hydrogen) atoms. The molecule has 1 heteroatoms. The predicted molar refractivity (Wildman–Crippen MR) is 82.8 cm³/mol. The van der Waals surface area contributed by atoms with Crippen LogP contribution in [0.3, 0.4) is 0 Å². The molecule has 0 saturated heterocycles. The molecule has 1 N–H and O–H groups in total. The zero-order valence-electron chi connectivity index (χ0n) is 13.6. The fraction of sp³-hybridized carbons (Fsp3) is 0.889. The fourth-order valence-corrected chi connectivity index (χ4v) is 3.58. The Balaban J connectivity index is 2.87. The van der Waals surface area contributed by atoms with Gasteiger partial charge in [0.15, 0.2) is 0 Å². The summed E-state index contributed by atoms with van der Waals surface area (Å²) in [5, 5.41) is 10.9. The maximum absolute atomic E-state index is 10.9. The average Bonchev–Trinajstić information content (AvgIpc) is 2.34. The molecule has 2 unspecified atom stereocenters. The van der Waals surface area contributed by atoms with Gasteiger partial charge in [-0.05, 0) is 37.5 Å². The van der Waals surface area contributed by atoms with E-state index in [2.05, 4.69) is 46.5 Å². The van der Waals surface area contributed by atoms with Gasteiger partial charge in [-0.2, -0.15) is 0 Å². The zero-order chi connectivity index (χ0) is 14.5. The van der Waals surface area contributed by atoms with Gasteiger partial charge < -0.3 is 5.11 Å². The Hall–Kier alpha value is -0.480. The van der Waals surface area contributed by atoms with Gasteiger partial charge in [-0.15, -0.1) is 5.92 Å². The standard InChI is InChI=1S/C18H32O/c1-6-7-13-18(5,14-17(2,3)4)16(19)15-11-9-8-10-12-15/h15-16,19H,6,8-12,14H2,1-5H3. The highest BCUT2D eigenvalue weighted by molar-refractivity contribution is 5.14. The van der Waals surface area contributed by atoms with Crippen molar-refractivity contribution in [2.45, 2.75) is 85.7 Å². The third-order valence-corrected chi connectivity index (χ3v) is 4.20. The van der Waals surface area contributed by atoms with E-state index in [0.29, 0.717) is 5.92 Å². The van der Waals surface area contributed by atoms with Crippen molar-refractivity contribution < 1.29 is 5.11 Å². The highest BCUT2D eigenvalue weighted by Gasteiger charge is 2.39. The first kappa shape index (κ1) is 16.6. The largest absolute Gasteiger partial charge is 0.391 e. The SMILES string of the molecule is CCC#CC(C)(CC(C)(C)C)C(O)C1CCCCC1. The summed E-state index contributed by atoms with van der Waals surface area (Å²) in [6, 6.07) is 0. The maximum Gasteiger partial charge on any atom is 0.0731 e. The van der Waals surface area contributed by atoms with Crippen LogP contribution in [0.5, 0.6) is 0 Å². The topological polar surface area (TPSA) is 20.2 Å². The smallest absolute Gasteiger partial charge is 0.0731 e. The molecule has 2 atom stereocenters.